The second-order valence-corrected chi connectivity index (χ2v) is 8.70. The van der Waals surface area contributed by atoms with Gasteiger partial charge < -0.3 is 5.32 Å². The number of hydrogen-bond acceptors (Lipinski definition) is 4. The predicted molar refractivity (Wildman–Crippen MR) is 121 cm³/mol. The molecule has 2 aromatic carbocycles. The highest BCUT2D eigenvalue weighted by Gasteiger charge is 2.42. The fourth-order valence-corrected chi connectivity index (χ4v) is 4.78. The van der Waals surface area contributed by atoms with E-state index < -0.39 is 5.41 Å². The molecule has 1 heterocycles. The smallest absolute Gasteiger partial charge is 0.237 e. The number of anilines is 1. The second kappa shape index (κ2) is 9.07. The molecular weight excluding hydrogens is 404 g/mol. The quantitative estimate of drug-likeness (QED) is 0.513. The van der Waals surface area contributed by atoms with Crippen LogP contribution in [0.2, 0.25) is 0 Å². The van der Waals surface area contributed by atoms with Crippen LogP contribution in [0.4, 0.5) is 5.69 Å². The Bertz CT molecular complexity index is 1070. The van der Waals surface area contributed by atoms with Gasteiger partial charge in [-0.15, -0.1) is 0 Å². The van der Waals surface area contributed by atoms with Gasteiger partial charge >= 0.3 is 0 Å². The Balaban J connectivity index is 1.34. The van der Waals surface area contributed by atoms with Gasteiger partial charge in [0.2, 0.25) is 17.7 Å². The van der Waals surface area contributed by atoms with Crippen LogP contribution in [0.15, 0.2) is 42.5 Å². The Hall–Kier alpha value is -3.28. The number of imide groups is 1. The molecule has 0 spiro atoms. The molecule has 32 heavy (non-hydrogen) atoms. The van der Waals surface area contributed by atoms with E-state index in [9.17, 15) is 19.2 Å². The fourth-order valence-electron chi connectivity index (χ4n) is 4.78. The Morgan fingerprint density at radius 2 is 1.72 bits per heavy atom. The van der Waals surface area contributed by atoms with Gasteiger partial charge in [-0.3, -0.25) is 24.5 Å². The largest absolute Gasteiger partial charge is 0.326 e. The summed E-state index contributed by atoms with van der Waals surface area (Å²) in [6.07, 6.45) is 4.88. The highest BCUT2D eigenvalue weighted by Crippen LogP contribution is 2.36. The van der Waals surface area contributed by atoms with Crippen LogP contribution in [0.5, 0.6) is 0 Å². The molecule has 6 heteroatoms. The number of carbonyl (C=O) groups is 4. The number of piperidine rings is 1. The molecule has 0 aromatic heterocycles. The first-order valence-corrected chi connectivity index (χ1v) is 11.3. The molecule has 1 unspecified atom stereocenters. The number of benzene rings is 2. The van der Waals surface area contributed by atoms with Crippen molar-refractivity contribution in [1.29, 1.82) is 0 Å². The first-order valence-electron chi connectivity index (χ1n) is 11.3. The summed E-state index contributed by atoms with van der Waals surface area (Å²) in [7, 11) is 0. The Morgan fingerprint density at radius 1 is 0.969 bits per heavy atom. The van der Waals surface area contributed by atoms with Gasteiger partial charge in [0.1, 0.15) is 0 Å². The first kappa shape index (κ1) is 21.9. The van der Waals surface area contributed by atoms with Gasteiger partial charge in [-0.1, -0.05) is 31.2 Å². The zero-order valence-corrected chi connectivity index (χ0v) is 18.3. The van der Waals surface area contributed by atoms with Crippen molar-refractivity contribution in [2.75, 3.05) is 5.32 Å². The minimum atomic E-state index is -0.723. The summed E-state index contributed by atoms with van der Waals surface area (Å²) in [6, 6.07) is 13.0. The molecule has 1 atom stereocenters. The Morgan fingerprint density at radius 3 is 2.44 bits per heavy atom. The summed E-state index contributed by atoms with van der Waals surface area (Å²) < 4.78 is 0. The molecule has 0 saturated carbocycles. The van der Waals surface area contributed by atoms with E-state index in [4.69, 9.17) is 0 Å². The molecule has 1 aliphatic heterocycles. The molecule has 0 bridgehead atoms. The number of hydrogen-bond donors (Lipinski definition) is 2. The molecule has 6 nitrogen and oxygen atoms in total. The summed E-state index contributed by atoms with van der Waals surface area (Å²) >= 11 is 0. The van der Waals surface area contributed by atoms with E-state index in [2.05, 4.69) is 10.6 Å². The predicted octanol–water partition coefficient (Wildman–Crippen LogP) is 3.86. The summed E-state index contributed by atoms with van der Waals surface area (Å²) in [4.78, 5) is 48.9. The van der Waals surface area contributed by atoms with Crippen LogP contribution in [-0.2, 0) is 32.6 Å². The molecule has 1 fully saturated rings. The van der Waals surface area contributed by atoms with Crippen molar-refractivity contribution in [3.63, 3.8) is 0 Å². The van der Waals surface area contributed by atoms with Gasteiger partial charge in [0.15, 0.2) is 5.78 Å². The van der Waals surface area contributed by atoms with Gasteiger partial charge in [0, 0.05) is 30.5 Å². The molecule has 3 amide bonds. The number of Topliss-reactive ketones (excluding diaryl/α,β-unsaturated/α-hetero) is 1. The minimum Gasteiger partial charge on any atom is -0.326 e. The molecule has 4 rings (SSSR count). The van der Waals surface area contributed by atoms with E-state index in [0.29, 0.717) is 30.5 Å². The third-order valence-electron chi connectivity index (χ3n) is 6.79. The van der Waals surface area contributed by atoms with Crippen LogP contribution >= 0.6 is 0 Å². The van der Waals surface area contributed by atoms with Gasteiger partial charge in [-0.25, -0.2) is 0 Å². The van der Waals surface area contributed by atoms with E-state index in [1.54, 1.807) is 12.1 Å². The number of rotatable bonds is 7. The normalized spacial score (nSPS) is 19.9. The monoisotopic (exact) mass is 432 g/mol. The standard InChI is InChI=1S/C26H28N2O4/c1-2-26(15-14-24(31)28-25(26)32)20-8-10-21(11-9-20)27-23(30)13-12-22(29)19-7-6-17-4-3-5-18(17)16-19/h6-11,16H,2-5,12-15H2,1H3,(H,27,30)(H,28,31,32). The maximum Gasteiger partial charge on any atom is 0.237 e. The zero-order valence-electron chi connectivity index (χ0n) is 18.3. The fraction of sp³-hybridized carbons (Fsp3) is 0.385. The van der Waals surface area contributed by atoms with Crippen molar-refractivity contribution in [2.24, 2.45) is 0 Å². The second-order valence-electron chi connectivity index (χ2n) is 8.70. The summed E-state index contributed by atoms with van der Waals surface area (Å²) in [5.74, 6) is -0.748. The van der Waals surface area contributed by atoms with Gasteiger partial charge in [0.05, 0.1) is 5.41 Å². The lowest BCUT2D eigenvalue weighted by molar-refractivity contribution is -0.138. The third kappa shape index (κ3) is 4.35. The topological polar surface area (TPSA) is 92.3 Å². The van der Waals surface area contributed by atoms with Crippen LogP contribution < -0.4 is 10.6 Å². The van der Waals surface area contributed by atoms with E-state index >= 15 is 0 Å². The SMILES string of the molecule is CCC1(c2ccc(NC(=O)CCC(=O)c3ccc4c(c3)CCC4)cc2)CCC(=O)NC1=O. The van der Waals surface area contributed by atoms with E-state index in [0.717, 1.165) is 24.8 Å². The molecule has 1 aliphatic carbocycles. The maximum atomic E-state index is 12.5. The van der Waals surface area contributed by atoms with Gasteiger partial charge in [-0.2, -0.15) is 0 Å². The van der Waals surface area contributed by atoms with E-state index in [1.807, 2.05) is 37.3 Å². The van der Waals surface area contributed by atoms with Crippen LogP contribution in [0.1, 0.15) is 72.5 Å². The summed E-state index contributed by atoms with van der Waals surface area (Å²) in [6.45, 7) is 1.93. The summed E-state index contributed by atoms with van der Waals surface area (Å²) in [5.41, 5.74) is 3.97. The van der Waals surface area contributed by atoms with Crippen molar-refractivity contribution in [1.82, 2.24) is 5.32 Å². The van der Waals surface area contributed by atoms with Gasteiger partial charge in [0.25, 0.3) is 0 Å². The zero-order chi connectivity index (χ0) is 22.7. The van der Waals surface area contributed by atoms with Crippen LogP contribution in [0, 0.1) is 0 Å². The average Bonchev–Trinajstić information content (AvgIpc) is 3.26. The highest BCUT2D eigenvalue weighted by molar-refractivity contribution is 6.03. The molecule has 2 N–H and O–H groups in total. The lowest BCUT2D eigenvalue weighted by Crippen LogP contribution is -2.51. The number of carbonyl (C=O) groups excluding carboxylic acids is 4. The molecule has 2 aromatic rings. The first-order chi connectivity index (χ1) is 15.4. The number of amides is 3. The molecule has 0 radical (unpaired) electrons. The highest BCUT2D eigenvalue weighted by atomic mass is 16.2. The Labute approximate surface area is 187 Å². The van der Waals surface area contributed by atoms with Crippen molar-refractivity contribution < 1.29 is 19.2 Å². The minimum absolute atomic E-state index is 0.0204. The maximum absolute atomic E-state index is 12.5. The number of nitrogens with one attached hydrogen (secondary N) is 2. The lowest BCUT2D eigenvalue weighted by Gasteiger charge is -2.35. The van der Waals surface area contributed by atoms with E-state index in [1.165, 1.54) is 11.1 Å². The molecule has 166 valence electrons. The van der Waals surface area contributed by atoms with Crippen LogP contribution in [-0.4, -0.2) is 23.5 Å². The number of fused-ring (bicyclic) bond motifs is 1. The average molecular weight is 433 g/mol. The van der Waals surface area contributed by atoms with Crippen LogP contribution in [0.25, 0.3) is 0 Å². The number of aryl methyl sites for hydroxylation is 2. The number of ketones is 1. The lowest BCUT2D eigenvalue weighted by atomic mass is 9.72. The third-order valence-corrected chi connectivity index (χ3v) is 6.79. The van der Waals surface area contributed by atoms with Gasteiger partial charge in [-0.05, 0) is 67.0 Å². The molecule has 1 saturated heterocycles. The summed E-state index contributed by atoms with van der Waals surface area (Å²) in [5, 5.41) is 5.26. The molecule has 2 aliphatic rings. The molecular formula is C26H28N2O4. The van der Waals surface area contributed by atoms with Crippen molar-refractivity contribution in [2.45, 2.75) is 63.7 Å². The van der Waals surface area contributed by atoms with Crippen LogP contribution in [0.3, 0.4) is 0 Å². The van der Waals surface area contributed by atoms with E-state index in [-0.39, 0.29) is 36.3 Å². The van der Waals surface area contributed by atoms with Crippen molar-refractivity contribution in [3.05, 3.63) is 64.7 Å². The Kier molecular flexibility index (Phi) is 6.21. The van der Waals surface area contributed by atoms with Crippen molar-refractivity contribution in [3.8, 4) is 0 Å². The van der Waals surface area contributed by atoms with Crippen molar-refractivity contribution >= 4 is 29.2 Å².